The zero-order valence-corrected chi connectivity index (χ0v) is 11.6. The summed E-state index contributed by atoms with van der Waals surface area (Å²) in [7, 11) is 0. The van der Waals surface area contributed by atoms with Crippen molar-refractivity contribution in [2.75, 3.05) is 5.32 Å². The van der Waals surface area contributed by atoms with Crippen molar-refractivity contribution in [1.29, 1.82) is 0 Å². The molecule has 5 N–H and O–H groups in total. The Morgan fingerprint density at radius 2 is 2.19 bits per heavy atom. The first-order valence-electron chi connectivity index (χ1n) is 6.44. The normalized spacial score (nSPS) is 10.4. The molecular weight excluding hydrogens is 270 g/mol. The lowest BCUT2D eigenvalue weighted by molar-refractivity contribution is 0.100. The lowest BCUT2D eigenvalue weighted by Gasteiger charge is -2.13. The monoisotopic (exact) mass is 287 g/mol. The van der Waals surface area contributed by atoms with Crippen molar-refractivity contribution in [2.24, 2.45) is 5.73 Å². The highest BCUT2D eigenvalue weighted by atomic mass is 16.3. The minimum atomic E-state index is -0.503. The zero-order chi connectivity index (χ0) is 15.4. The third-order valence-corrected chi connectivity index (χ3v) is 3.22. The van der Waals surface area contributed by atoms with E-state index in [4.69, 9.17) is 5.73 Å². The number of aromatic nitrogens is 1. The van der Waals surface area contributed by atoms with Gasteiger partial charge in [0.25, 0.3) is 0 Å². The van der Waals surface area contributed by atoms with E-state index in [2.05, 4.69) is 10.3 Å². The van der Waals surface area contributed by atoms with Crippen LogP contribution in [0, 0.1) is 6.92 Å². The molecule has 0 spiro atoms. The average molecular weight is 287 g/mol. The highest BCUT2D eigenvalue weighted by molar-refractivity contribution is 5.93. The Hall–Kier alpha value is -2.60. The maximum atomic E-state index is 11.1. The Morgan fingerprint density at radius 3 is 2.86 bits per heavy atom. The number of carbonyl (C=O) groups is 1. The number of pyridine rings is 1. The van der Waals surface area contributed by atoms with Gasteiger partial charge in [0.2, 0.25) is 5.91 Å². The second kappa shape index (κ2) is 6.23. The number of primary amides is 1. The van der Waals surface area contributed by atoms with Crippen molar-refractivity contribution in [2.45, 2.75) is 20.1 Å². The van der Waals surface area contributed by atoms with Crippen LogP contribution in [0.4, 0.5) is 5.69 Å². The van der Waals surface area contributed by atoms with Gasteiger partial charge < -0.3 is 21.3 Å². The van der Waals surface area contributed by atoms with Gasteiger partial charge >= 0.3 is 0 Å². The molecule has 0 atom stereocenters. The van der Waals surface area contributed by atoms with E-state index in [1.807, 2.05) is 0 Å². The van der Waals surface area contributed by atoms with E-state index in [1.165, 1.54) is 6.20 Å². The summed E-state index contributed by atoms with van der Waals surface area (Å²) in [6.45, 7) is 1.78. The molecule has 0 bridgehead atoms. The predicted molar refractivity (Wildman–Crippen MR) is 78.8 cm³/mol. The molecule has 2 aromatic rings. The van der Waals surface area contributed by atoms with E-state index in [1.54, 1.807) is 31.2 Å². The molecule has 1 heterocycles. The molecule has 0 unspecified atom stereocenters. The maximum absolute atomic E-state index is 11.1. The fraction of sp³-hybridized carbons (Fsp3) is 0.200. The van der Waals surface area contributed by atoms with Gasteiger partial charge in [-0.05, 0) is 25.1 Å². The molecule has 0 aliphatic rings. The van der Waals surface area contributed by atoms with E-state index in [0.717, 1.165) is 0 Å². The Bertz CT molecular complexity index is 671. The number of nitrogens with two attached hydrogens (primary N) is 1. The van der Waals surface area contributed by atoms with Crippen molar-refractivity contribution in [1.82, 2.24) is 4.98 Å². The molecule has 21 heavy (non-hydrogen) atoms. The number of aryl methyl sites for hydroxylation is 1. The summed E-state index contributed by atoms with van der Waals surface area (Å²) in [5.41, 5.74) is 7.96. The van der Waals surface area contributed by atoms with Gasteiger partial charge in [-0.1, -0.05) is 6.07 Å². The number of nitrogens with zero attached hydrogens (tertiary/aromatic N) is 1. The van der Waals surface area contributed by atoms with Crippen molar-refractivity contribution >= 4 is 11.6 Å². The molecule has 6 nitrogen and oxygen atoms in total. The van der Waals surface area contributed by atoms with Gasteiger partial charge in [-0.2, -0.15) is 0 Å². The third-order valence-electron chi connectivity index (χ3n) is 3.22. The molecule has 0 aliphatic carbocycles. The van der Waals surface area contributed by atoms with Gasteiger partial charge in [-0.25, -0.2) is 0 Å². The van der Waals surface area contributed by atoms with Crippen LogP contribution in [0.3, 0.4) is 0 Å². The molecule has 0 fully saturated rings. The first kappa shape index (κ1) is 14.8. The largest absolute Gasteiger partial charge is 0.506 e. The Kier molecular flexibility index (Phi) is 4.39. The summed E-state index contributed by atoms with van der Waals surface area (Å²) in [5.74, 6) is -0.447. The van der Waals surface area contributed by atoms with Gasteiger partial charge in [0.1, 0.15) is 5.75 Å². The molecule has 0 radical (unpaired) electrons. The maximum Gasteiger partial charge on any atom is 0.248 e. The van der Waals surface area contributed by atoms with E-state index in [0.29, 0.717) is 34.6 Å². The van der Waals surface area contributed by atoms with Crippen molar-refractivity contribution in [3.63, 3.8) is 0 Å². The lowest BCUT2D eigenvalue weighted by Crippen LogP contribution is -2.11. The number of aliphatic hydroxyl groups excluding tert-OH is 1. The van der Waals surface area contributed by atoms with E-state index in [-0.39, 0.29) is 12.4 Å². The number of amides is 1. The molecule has 1 aromatic carbocycles. The molecule has 0 saturated heterocycles. The van der Waals surface area contributed by atoms with Crippen LogP contribution >= 0.6 is 0 Å². The number of carbonyl (C=O) groups excluding carboxylic acids is 1. The molecule has 110 valence electrons. The van der Waals surface area contributed by atoms with Crippen LogP contribution in [0.15, 0.2) is 30.5 Å². The topological polar surface area (TPSA) is 108 Å². The molecule has 6 heteroatoms. The van der Waals surface area contributed by atoms with Crippen LogP contribution in [0.25, 0.3) is 0 Å². The Labute approximate surface area is 122 Å². The zero-order valence-electron chi connectivity index (χ0n) is 11.6. The van der Waals surface area contributed by atoms with Crippen LogP contribution in [-0.4, -0.2) is 21.1 Å². The predicted octanol–water partition coefficient (Wildman–Crippen LogP) is 1.30. The van der Waals surface area contributed by atoms with Crippen LogP contribution in [-0.2, 0) is 13.2 Å². The Balaban J connectivity index is 2.22. The summed E-state index contributed by atoms with van der Waals surface area (Å²) < 4.78 is 0. The van der Waals surface area contributed by atoms with Gasteiger partial charge in [0, 0.05) is 35.1 Å². The van der Waals surface area contributed by atoms with Gasteiger partial charge in [-0.15, -0.1) is 0 Å². The van der Waals surface area contributed by atoms with Crippen molar-refractivity contribution in [3.8, 4) is 5.75 Å². The third kappa shape index (κ3) is 3.29. The summed E-state index contributed by atoms with van der Waals surface area (Å²) in [5, 5.41) is 22.4. The molecule has 1 aromatic heterocycles. The van der Waals surface area contributed by atoms with Crippen LogP contribution in [0.1, 0.15) is 27.2 Å². The van der Waals surface area contributed by atoms with Crippen LogP contribution < -0.4 is 11.1 Å². The Morgan fingerprint density at radius 1 is 1.43 bits per heavy atom. The summed E-state index contributed by atoms with van der Waals surface area (Å²) >= 11 is 0. The standard InChI is InChI=1S/C15H17N3O3/c1-9-14(20)13(11(8-19)6-17-9)7-18-12-4-2-3-10(5-12)15(16)21/h2-6,18-20H,7-8H2,1H3,(H2,16,21). The minimum Gasteiger partial charge on any atom is -0.506 e. The van der Waals surface area contributed by atoms with Gasteiger partial charge in [0.15, 0.2) is 0 Å². The number of hydrogen-bond acceptors (Lipinski definition) is 5. The smallest absolute Gasteiger partial charge is 0.248 e. The van der Waals surface area contributed by atoms with E-state index in [9.17, 15) is 15.0 Å². The van der Waals surface area contributed by atoms with Gasteiger partial charge in [0.05, 0.1) is 12.3 Å². The first-order valence-corrected chi connectivity index (χ1v) is 6.44. The summed E-state index contributed by atoms with van der Waals surface area (Å²) in [4.78, 5) is 15.1. The molecule has 1 amide bonds. The minimum absolute atomic E-state index is 0.0557. The first-order chi connectivity index (χ1) is 10.0. The van der Waals surface area contributed by atoms with E-state index < -0.39 is 5.91 Å². The highest BCUT2D eigenvalue weighted by Gasteiger charge is 2.11. The average Bonchev–Trinajstić information content (AvgIpc) is 2.49. The number of anilines is 1. The molecule has 0 saturated carbocycles. The van der Waals surface area contributed by atoms with Crippen LogP contribution in [0.5, 0.6) is 5.75 Å². The SMILES string of the molecule is Cc1ncc(CO)c(CNc2cccc(C(N)=O)c2)c1O. The highest BCUT2D eigenvalue weighted by Crippen LogP contribution is 2.25. The number of benzene rings is 1. The summed E-state index contributed by atoms with van der Waals surface area (Å²) in [6, 6.07) is 6.76. The lowest BCUT2D eigenvalue weighted by atomic mass is 10.1. The number of nitrogens with one attached hydrogen (secondary N) is 1. The van der Waals surface area contributed by atoms with E-state index >= 15 is 0 Å². The number of aromatic hydroxyl groups is 1. The fourth-order valence-corrected chi connectivity index (χ4v) is 1.99. The second-order valence-electron chi connectivity index (χ2n) is 4.65. The molecule has 0 aliphatic heterocycles. The fourth-order valence-electron chi connectivity index (χ4n) is 1.99. The number of aliphatic hydroxyl groups is 1. The summed E-state index contributed by atoms with van der Waals surface area (Å²) in [6.07, 6.45) is 1.53. The molecule has 2 rings (SSSR count). The number of rotatable bonds is 5. The van der Waals surface area contributed by atoms with Crippen LogP contribution in [0.2, 0.25) is 0 Å². The molecular formula is C15H17N3O3. The second-order valence-corrected chi connectivity index (χ2v) is 4.65. The van der Waals surface area contributed by atoms with Crippen molar-refractivity contribution in [3.05, 3.63) is 52.8 Å². The van der Waals surface area contributed by atoms with Gasteiger partial charge in [-0.3, -0.25) is 9.78 Å². The number of hydrogen-bond donors (Lipinski definition) is 4. The quantitative estimate of drug-likeness (QED) is 0.663. The van der Waals surface area contributed by atoms with Crippen molar-refractivity contribution < 1.29 is 15.0 Å².